The summed E-state index contributed by atoms with van der Waals surface area (Å²) in [6, 6.07) is 0. The van der Waals surface area contributed by atoms with E-state index in [9.17, 15) is 19.2 Å². The monoisotopic (exact) mass is 390 g/mol. The van der Waals surface area contributed by atoms with Crippen LogP contribution < -0.4 is 0 Å². The van der Waals surface area contributed by atoms with E-state index in [0.717, 1.165) is 5.57 Å². The zero-order valence-corrected chi connectivity index (χ0v) is 16.5. The Kier molecular flexibility index (Phi) is 5.57. The summed E-state index contributed by atoms with van der Waals surface area (Å²) < 4.78 is 16.8. The van der Waals surface area contributed by atoms with Crippen molar-refractivity contribution >= 4 is 23.5 Å². The van der Waals surface area contributed by atoms with Crippen molar-refractivity contribution in [1.82, 2.24) is 0 Å². The smallest absolute Gasteiger partial charge is 0.338 e. The molecular weight excluding hydrogens is 364 g/mol. The number of esters is 2. The number of fused-ring (bicyclic) bond motifs is 4. The number of rotatable bonds is 2. The number of ether oxygens (including phenoxy) is 3. The van der Waals surface area contributed by atoms with Gasteiger partial charge in [0.25, 0.3) is 0 Å². The van der Waals surface area contributed by atoms with E-state index in [1.54, 1.807) is 13.0 Å². The molecular formula is C21H26O7. The first kappa shape index (κ1) is 20.5. The molecule has 152 valence electrons. The van der Waals surface area contributed by atoms with Gasteiger partial charge in [-0.25, -0.2) is 4.79 Å². The molecule has 7 nitrogen and oxygen atoms in total. The second kappa shape index (κ2) is 7.62. The first-order valence-corrected chi connectivity index (χ1v) is 9.54. The summed E-state index contributed by atoms with van der Waals surface area (Å²) in [6.45, 7) is 8.79. The number of hydrogen-bond acceptors (Lipinski definition) is 7. The molecule has 3 aliphatic heterocycles. The predicted octanol–water partition coefficient (Wildman–Crippen LogP) is 2.22. The van der Waals surface area contributed by atoms with Gasteiger partial charge in [-0.1, -0.05) is 18.2 Å². The molecule has 5 atom stereocenters. The Morgan fingerprint density at radius 2 is 1.96 bits per heavy atom. The SMILES string of the molecule is C=C(C)C1CC=C2C(=O)OC(CC3(C)CC(=O)C(CC(=O)C1)O3)C2OC(C)=O. The number of Topliss-reactive ketones (excluding diaryl/α,β-unsaturated/α-hetero) is 2. The molecule has 0 spiro atoms. The Morgan fingerprint density at radius 3 is 2.61 bits per heavy atom. The topological polar surface area (TPSA) is 96.0 Å². The van der Waals surface area contributed by atoms with Gasteiger partial charge in [-0.05, 0) is 26.2 Å². The quantitative estimate of drug-likeness (QED) is 0.527. The van der Waals surface area contributed by atoms with Gasteiger partial charge < -0.3 is 14.2 Å². The fourth-order valence-electron chi connectivity index (χ4n) is 4.18. The van der Waals surface area contributed by atoms with Crippen LogP contribution in [0.5, 0.6) is 0 Å². The Morgan fingerprint density at radius 1 is 1.25 bits per heavy atom. The summed E-state index contributed by atoms with van der Waals surface area (Å²) in [6.07, 6.45) is 0.260. The van der Waals surface area contributed by atoms with Crippen LogP contribution in [0.2, 0.25) is 0 Å². The molecule has 3 rings (SSSR count). The number of carbonyl (C=O) groups excluding carboxylic acids is 4. The van der Waals surface area contributed by atoms with Gasteiger partial charge in [0.05, 0.1) is 11.2 Å². The van der Waals surface area contributed by atoms with E-state index in [1.165, 1.54) is 6.92 Å². The van der Waals surface area contributed by atoms with Gasteiger partial charge >= 0.3 is 11.9 Å². The third-order valence-corrected chi connectivity index (χ3v) is 5.60. The maximum atomic E-state index is 12.5. The van der Waals surface area contributed by atoms with E-state index in [1.807, 2.05) is 6.92 Å². The normalized spacial score (nSPS) is 36.0. The lowest BCUT2D eigenvalue weighted by Gasteiger charge is -2.28. The Balaban J connectivity index is 1.99. The highest BCUT2D eigenvalue weighted by molar-refractivity contribution is 5.93. The van der Waals surface area contributed by atoms with Gasteiger partial charge in [0.1, 0.15) is 18.0 Å². The molecule has 3 aliphatic rings. The summed E-state index contributed by atoms with van der Waals surface area (Å²) >= 11 is 0. The molecule has 28 heavy (non-hydrogen) atoms. The minimum atomic E-state index is -0.886. The summed E-state index contributed by atoms with van der Waals surface area (Å²) in [5.41, 5.74) is 0.181. The molecule has 0 saturated carbocycles. The largest absolute Gasteiger partial charge is 0.454 e. The van der Waals surface area contributed by atoms with Crippen LogP contribution in [0.15, 0.2) is 23.8 Å². The molecule has 3 heterocycles. The molecule has 7 heteroatoms. The Labute approximate surface area is 164 Å². The Bertz CT molecular complexity index is 765. The van der Waals surface area contributed by atoms with Crippen molar-refractivity contribution in [2.75, 3.05) is 0 Å². The number of hydrogen-bond donors (Lipinski definition) is 0. The van der Waals surface area contributed by atoms with Gasteiger partial charge in [-0.3, -0.25) is 14.4 Å². The van der Waals surface area contributed by atoms with Crippen molar-refractivity contribution in [3.05, 3.63) is 23.8 Å². The van der Waals surface area contributed by atoms with Gasteiger partial charge in [0, 0.05) is 32.6 Å². The molecule has 2 fully saturated rings. The first-order chi connectivity index (χ1) is 13.1. The first-order valence-electron chi connectivity index (χ1n) is 9.54. The Hall–Kier alpha value is -2.28. The van der Waals surface area contributed by atoms with E-state index in [0.29, 0.717) is 6.42 Å². The maximum Gasteiger partial charge on any atom is 0.338 e. The van der Waals surface area contributed by atoms with Crippen LogP contribution in [0, 0.1) is 5.92 Å². The average Bonchev–Trinajstić information content (AvgIpc) is 2.99. The number of allylic oxidation sites excluding steroid dienone is 2. The molecule has 0 radical (unpaired) electrons. The van der Waals surface area contributed by atoms with E-state index in [-0.39, 0.29) is 48.7 Å². The van der Waals surface area contributed by atoms with E-state index < -0.39 is 35.9 Å². The molecule has 0 aromatic heterocycles. The van der Waals surface area contributed by atoms with Crippen LogP contribution in [0.4, 0.5) is 0 Å². The lowest BCUT2D eigenvalue weighted by molar-refractivity contribution is -0.155. The van der Waals surface area contributed by atoms with Crippen LogP contribution in [0.1, 0.15) is 52.9 Å². The summed E-state index contributed by atoms with van der Waals surface area (Å²) in [5, 5.41) is 0. The third-order valence-electron chi connectivity index (χ3n) is 5.60. The van der Waals surface area contributed by atoms with Crippen molar-refractivity contribution < 1.29 is 33.4 Å². The molecule has 2 saturated heterocycles. The third kappa shape index (κ3) is 4.24. The van der Waals surface area contributed by atoms with Crippen molar-refractivity contribution in [2.24, 2.45) is 5.92 Å². The lowest BCUT2D eigenvalue weighted by atomic mass is 9.87. The highest BCUT2D eigenvalue weighted by Crippen LogP contribution is 2.39. The van der Waals surface area contributed by atoms with Crippen LogP contribution in [-0.4, -0.2) is 47.4 Å². The molecule has 0 aromatic carbocycles. The van der Waals surface area contributed by atoms with Crippen LogP contribution >= 0.6 is 0 Å². The number of carbonyl (C=O) groups is 4. The van der Waals surface area contributed by atoms with Gasteiger partial charge in [-0.15, -0.1) is 0 Å². The standard InChI is InChI=1S/C21H26O7/c1-11(2)13-5-6-15-19(26-12(3)22)18(27-20(15)25)10-21(4)9-16(24)17(28-21)8-14(23)7-13/h6,13,17-19H,1,5,7-10H2,2-4H3. The zero-order chi connectivity index (χ0) is 20.6. The maximum absolute atomic E-state index is 12.5. The van der Waals surface area contributed by atoms with Crippen LogP contribution in [-0.2, 0) is 33.4 Å². The van der Waals surface area contributed by atoms with E-state index >= 15 is 0 Å². The highest BCUT2D eigenvalue weighted by Gasteiger charge is 2.50. The van der Waals surface area contributed by atoms with Crippen molar-refractivity contribution in [2.45, 2.75) is 76.8 Å². The summed E-state index contributed by atoms with van der Waals surface area (Å²) in [4.78, 5) is 49.0. The van der Waals surface area contributed by atoms with Crippen LogP contribution in [0.3, 0.4) is 0 Å². The van der Waals surface area contributed by atoms with Crippen molar-refractivity contribution in [3.8, 4) is 0 Å². The minimum Gasteiger partial charge on any atom is -0.454 e. The fourth-order valence-corrected chi connectivity index (χ4v) is 4.18. The van der Waals surface area contributed by atoms with E-state index in [2.05, 4.69) is 6.58 Å². The minimum absolute atomic E-state index is 0.0343. The van der Waals surface area contributed by atoms with Gasteiger partial charge in [0.15, 0.2) is 11.9 Å². The number of ketones is 2. The average molecular weight is 390 g/mol. The molecule has 0 N–H and O–H groups in total. The highest BCUT2D eigenvalue weighted by atomic mass is 16.6. The molecule has 0 amide bonds. The fraction of sp³-hybridized carbons (Fsp3) is 0.619. The molecule has 4 bridgehead atoms. The van der Waals surface area contributed by atoms with E-state index in [4.69, 9.17) is 14.2 Å². The van der Waals surface area contributed by atoms with Crippen molar-refractivity contribution in [1.29, 1.82) is 0 Å². The second-order valence-corrected chi connectivity index (χ2v) is 8.26. The molecule has 0 aromatic rings. The summed E-state index contributed by atoms with van der Waals surface area (Å²) in [5.74, 6) is -1.47. The molecule has 0 aliphatic carbocycles. The van der Waals surface area contributed by atoms with Crippen molar-refractivity contribution in [3.63, 3.8) is 0 Å². The van der Waals surface area contributed by atoms with Gasteiger partial charge in [0.2, 0.25) is 0 Å². The zero-order valence-electron chi connectivity index (χ0n) is 16.5. The molecule has 5 unspecified atom stereocenters. The second-order valence-electron chi connectivity index (χ2n) is 8.26. The predicted molar refractivity (Wildman–Crippen MR) is 98.2 cm³/mol. The van der Waals surface area contributed by atoms with Crippen LogP contribution in [0.25, 0.3) is 0 Å². The van der Waals surface area contributed by atoms with Gasteiger partial charge in [-0.2, -0.15) is 0 Å². The summed E-state index contributed by atoms with van der Waals surface area (Å²) in [7, 11) is 0. The lowest BCUT2D eigenvalue weighted by Crippen LogP contribution is -2.37.